The van der Waals surface area contributed by atoms with Gasteiger partial charge in [-0.3, -0.25) is 0 Å². The lowest BCUT2D eigenvalue weighted by atomic mass is 10.0. The maximum Gasteiger partial charge on any atom is 0.0949 e. The Kier molecular flexibility index (Phi) is 3.84. The highest BCUT2D eigenvalue weighted by molar-refractivity contribution is 5.06. The molecule has 4 heteroatoms. The molecule has 2 heterocycles. The molecule has 1 aromatic rings. The molecule has 0 aromatic carbocycles. The molecule has 2 N–H and O–H groups in total. The summed E-state index contributed by atoms with van der Waals surface area (Å²) in [4.78, 5) is 6.69. The summed E-state index contributed by atoms with van der Waals surface area (Å²) in [5, 5.41) is 0. The van der Waals surface area contributed by atoms with Crippen molar-refractivity contribution in [2.45, 2.75) is 45.3 Å². The van der Waals surface area contributed by atoms with Crippen LogP contribution in [0.1, 0.15) is 38.4 Å². The van der Waals surface area contributed by atoms with E-state index >= 15 is 0 Å². The van der Waals surface area contributed by atoms with Crippen LogP contribution in [0.3, 0.4) is 0 Å². The van der Waals surface area contributed by atoms with E-state index in [0.717, 1.165) is 6.54 Å². The van der Waals surface area contributed by atoms with Crippen LogP contribution >= 0.6 is 0 Å². The van der Waals surface area contributed by atoms with E-state index in [9.17, 15) is 0 Å². The topological polar surface area (TPSA) is 47.1 Å². The van der Waals surface area contributed by atoms with Crippen molar-refractivity contribution >= 4 is 0 Å². The summed E-state index contributed by atoms with van der Waals surface area (Å²) >= 11 is 0. The van der Waals surface area contributed by atoms with Crippen LogP contribution < -0.4 is 5.73 Å². The summed E-state index contributed by atoms with van der Waals surface area (Å²) in [5.41, 5.74) is 7.38. The molecule has 0 saturated carbocycles. The first-order valence-electron chi connectivity index (χ1n) is 6.55. The molecule has 4 nitrogen and oxygen atoms in total. The molecule has 0 aliphatic carbocycles. The Morgan fingerprint density at radius 2 is 2.29 bits per heavy atom. The molecular formula is C13H24N4. The van der Waals surface area contributed by atoms with Gasteiger partial charge in [0.05, 0.1) is 12.0 Å². The normalized spacial score (nSPS) is 23.5. The Morgan fingerprint density at radius 3 is 2.88 bits per heavy atom. The van der Waals surface area contributed by atoms with Gasteiger partial charge in [-0.05, 0) is 32.4 Å². The lowest BCUT2D eigenvalue weighted by Gasteiger charge is -2.23. The summed E-state index contributed by atoms with van der Waals surface area (Å²) in [6, 6.07) is 0.728. The molecular weight excluding hydrogens is 212 g/mol. The maximum atomic E-state index is 6.22. The van der Waals surface area contributed by atoms with Gasteiger partial charge in [-0.15, -0.1) is 0 Å². The Bertz CT molecular complexity index is 358. The first kappa shape index (κ1) is 12.6. The van der Waals surface area contributed by atoms with Crippen molar-refractivity contribution in [2.24, 2.45) is 11.7 Å². The van der Waals surface area contributed by atoms with Crippen LogP contribution in [0, 0.1) is 5.92 Å². The van der Waals surface area contributed by atoms with Gasteiger partial charge < -0.3 is 15.2 Å². The lowest BCUT2D eigenvalue weighted by molar-refractivity contribution is 0.277. The van der Waals surface area contributed by atoms with Crippen molar-refractivity contribution in [1.29, 1.82) is 0 Å². The summed E-state index contributed by atoms with van der Waals surface area (Å²) in [7, 11) is 2.21. The third kappa shape index (κ3) is 2.69. The van der Waals surface area contributed by atoms with Crippen molar-refractivity contribution < 1.29 is 0 Å². The summed E-state index contributed by atoms with van der Waals surface area (Å²) in [5.74, 6) is 0.451. The molecule has 1 fully saturated rings. The number of imidazole rings is 1. The van der Waals surface area contributed by atoms with Crippen LogP contribution in [0.2, 0.25) is 0 Å². The zero-order valence-corrected chi connectivity index (χ0v) is 11.1. The van der Waals surface area contributed by atoms with Crippen LogP contribution in [0.5, 0.6) is 0 Å². The standard InChI is InChI=1S/C13H24N4/c1-10(2)13(14)12-7-15-9-17(12)8-11-5-4-6-16(11)3/h7,9-11,13H,4-6,8,14H2,1-3H3. The van der Waals surface area contributed by atoms with Gasteiger partial charge in [0, 0.05) is 24.8 Å². The van der Waals surface area contributed by atoms with Gasteiger partial charge in [0.2, 0.25) is 0 Å². The quantitative estimate of drug-likeness (QED) is 0.864. The summed E-state index contributed by atoms with van der Waals surface area (Å²) in [6.07, 6.45) is 6.43. The van der Waals surface area contributed by atoms with Crippen LogP contribution in [0.15, 0.2) is 12.5 Å². The Morgan fingerprint density at radius 1 is 1.53 bits per heavy atom. The highest BCUT2D eigenvalue weighted by Gasteiger charge is 2.23. The predicted octanol–water partition coefficient (Wildman–Crippen LogP) is 1.63. The minimum Gasteiger partial charge on any atom is -0.332 e. The largest absolute Gasteiger partial charge is 0.332 e. The van der Waals surface area contributed by atoms with E-state index in [-0.39, 0.29) is 6.04 Å². The van der Waals surface area contributed by atoms with Gasteiger partial charge >= 0.3 is 0 Å². The predicted molar refractivity (Wildman–Crippen MR) is 69.6 cm³/mol. The van der Waals surface area contributed by atoms with E-state index in [0.29, 0.717) is 12.0 Å². The lowest BCUT2D eigenvalue weighted by Crippen LogP contribution is -2.31. The molecule has 2 unspecified atom stereocenters. The number of likely N-dealkylation sites (tertiary alicyclic amines) is 1. The van der Waals surface area contributed by atoms with Gasteiger partial charge in [0.15, 0.2) is 0 Å². The number of nitrogens with two attached hydrogens (primary N) is 1. The van der Waals surface area contributed by atoms with Gasteiger partial charge in [-0.25, -0.2) is 4.98 Å². The molecule has 17 heavy (non-hydrogen) atoms. The number of nitrogens with zero attached hydrogens (tertiary/aromatic N) is 3. The average molecular weight is 236 g/mol. The third-order valence-corrected chi connectivity index (χ3v) is 3.88. The van der Waals surface area contributed by atoms with Gasteiger partial charge in [-0.2, -0.15) is 0 Å². The van der Waals surface area contributed by atoms with Crippen molar-refractivity contribution in [2.75, 3.05) is 13.6 Å². The van der Waals surface area contributed by atoms with Crippen molar-refractivity contribution in [3.8, 4) is 0 Å². The second-order valence-electron chi connectivity index (χ2n) is 5.52. The number of aromatic nitrogens is 2. The van der Waals surface area contributed by atoms with Crippen LogP contribution in [0.25, 0.3) is 0 Å². The molecule has 1 aliphatic rings. The van der Waals surface area contributed by atoms with Crippen molar-refractivity contribution in [1.82, 2.24) is 14.5 Å². The minimum atomic E-state index is 0.0872. The molecule has 2 atom stereocenters. The second kappa shape index (κ2) is 5.19. The number of hydrogen-bond acceptors (Lipinski definition) is 3. The van der Waals surface area contributed by atoms with E-state index in [1.165, 1.54) is 25.1 Å². The van der Waals surface area contributed by atoms with E-state index in [2.05, 4.69) is 35.3 Å². The fourth-order valence-corrected chi connectivity index (χ4v) is 2.54. The van der Waals surface area contributed by atoms with E-state index in [4.69, 9.17) is 5.73 Å². The molecule has 0 amide bonds. The average Bonchev–Trinajstić information content (AvgIpc) is 2.88. The van der Waals surface area contributed by atoms with Gasteiger partial charge in [0.1, 0.15) is 0 Å². The van der Waals surface area contributed by atoms with Crippen LogP contribution in [-0.4, -0.2) is 34.1 Å². The van der Waals surface area contributed by atoms with Crippen LogP contribution in [-0.2, 0) is 6.54 Å². The van der Waals surface area contributed by atoms with Gasteiger partial charge in [-0.1, -0.05) is 13.8 Å². The fourth-order valence-electron chi connectivity index (χ4n) is 2.54. The SMILES string of the molecule is CC(C)C(N)c1cncn1CC1CCCN1C. The van der Waals surface area contributed by atoms with E-state index < -0.39 is 0 Å². The second-order valence-corrected chi connectivity index (χ2v) is 5.52. The first-order chi connectivity index (χ1) is 8.09. The Hall–Kier alpha value is -0.870. The number of likely N-dealkylation sites (N-methyl/N-ethyl adjacent to an activating group) is 1. The minimum absolute atomic E-state index is 0.0872. The zero-order valence-electron chi connectivity index (χ0n) is 11.1. The van der Waals surface area contributed by atoms with Crippen molar-refractivity contribution in [3.05, 3.63) is 18.2 Å². The van der Waals surface area contributed by atoms with E-state index in [1.807, 2.05) is 12.5 Å². The molecule has 2 rings (SSSR count). The highest BCUT2D eigenvalue weighted by Crippen LogP contribution is 2.21. The summed E-state index contributed by atoms with van der Waals surface area (Å²) in [6.45, 7) is 6.55. The number of rotatable bonds is 4. The maximum absolute atomic E-state index is 6.22. The summed E-state index contributed by atoms with van der Waals surface area (Å²) < 4.78 is 2.23. The number of hydrogen-bond donors (Lipinski definition) is 1. The monoisotopic (exact) mass is 236 g/mol. The highest BCUT2D eigenvalue weighted by atomic mass is 15.2. The van der Waals surface area contributed by atoms with Crippen LogP contribution in [0.4, 0.5) is 0 Å². The third-order valence-electron chi connectivity index (χ3n) is 3.88. The van der Waals surface area contributed by atoms with E-state index in [1.54, 1.807) is 0 Å². The Balaban J connectivity index is 2.08. The Labute approximate surface area is 104 Å². The fraction of sp³-hybridized carbons (Fsp3) is 0.769. The van der Waals surface area contributed by atoms with Crippen molar-refractivity contribution in [3.63, 3.8) is 0 Å². The smallest absolute Gasteiger partial charge is 0.0949 e. The zero-order chi connectivity index (χ0) is 12.4. The molecule has 0 bridgehead atoms. The molecule has 96 valence electrons. The first-order valence-corrected chi connectivity index (χ1v) is 6.55. The molecule has 1 saturated heterocycles. The molecule has 0 radical (unpaired) electrons. The molecule has 0 spiro atoms. The molecule has 1 aromatic heterocycles. The molecule has 1 aliphatic heterocycles. The van der Waals surface area contributed by atoms with Gasteiger partial charge in [0.25, 0.3) is 0 Å².